The van der Waals surface area contributed by atoms with Crippen LogP contribution in [0, 0.1) is 46.3 Å². The van der Waals surface area contributed by atoms with Crippen molar-refractivity contribution < 1.29 is 34.3 Å². The second-order valence-corrected chi connectivity index (χ2v) is 14.4. The highest BCUT2D eigenvalue weighted by molar-refractivity contribution is 7.81. The zero-order valence-electron chi connectivity index (χ0n) is 21.8. The molecular formula is C26H42O8S2. The first-order chi connectivity index (χ1) is 16.6. The molecule has 206 valence electrons. The highest BCUT2D eigenvalue weighted by Gasteiger charge is 2.59. The lowest BCUT2D eigenvalue weighted by molar-refractivity contribution is -0.0527. The second-order valence-electron chi connectivity index (χ2n) is 12.3. The molecule has 2 N–H and O–H groups in total. The number of hydrogen-bond donors (Lipinski definition) is 2. The zero-order chi connectivity index (χ0) is 26.5. The van der Waals surface area contributed by atoms with E-state index in [1.165, 1.54) is 31.3 Å². The third-order valence-corrected chi connectivity index (χ3v) is 11.2. The topological polar surface area (TPSA) is 127 Å². The van der Waals surface area contributed by atoms with Crippen LogP contribution in [-0.2, 0) is 29.2 Å². The summed E-state index contributed by atoms with van der Waals surface area (Å²) >= 11 is 0. The van der Waals surface area contributed by atoms with Gasteiger partial charge in [-0.1, -0.05) is 51.5 Å². The van der Waals surface area contributed by atoms with Crippen LogP contribution in [0.4, 0.5) is 0 Å². The molecule has 9 atom stereocenters. The lowest BCUT2D eigenvalue weighted by atomic mass is 9.47. The molecule has 0 radical (unpaired) electrons. The standard InChI is InChI=1S/C26H42O8S2/c1-17(16-33-35(27,28)29)5-6-18(2)22-9-10-23-21-8-7-19-15-20(34-36(30,31)32)11-13-25(19,3)24(21)12-14-26(22,23)4/h5-7,17-18,20-24H,8-16H2,1-4H3,(H,27,28,29)(H,30,31,32)/b6-5+/t17?,18-,20+,21+,22-,23+,24+,25+,26-/m1/s1. The van der Waals surface area contributed by atoms with E-state index < -0.39 is 26.9 Å². The van der Waals surface area contributed by atoms with Gasteiger partial charge in [0.05, 0.1) is 12.7 Å². The Labute approximate surface area is 216 Å². The van der Waals surface area contributed by atoms with Crippen LogP contribution in [-0.4, -0.2) is 38.7 Å². The van der Waals surface area contributed by atoms with Crippen LogP contribution in [0.2, 0.25) is 0 Å². The van der Waals surface area contributed by atoms with E-state index >= 15 is 0 Å². The minimum absolute atomic E-state index is 0.0649. The monoisotopic (exact) mass is 546 g/mol. The molecule has 0 bridgehead atoms. The SMILES string of the molecule is CC(/C=C/[C@@H](C)[C@H]1CC[C@H]2[C@@H]3CC=C4C[C@@H](OS(=O)(=O)O)CC[C@]4(C)[C@H]3CC[C@]12C)COS(=O)(=O)O. The fourth-order valence-corrected chi connectivity index (χ4v) is 9.43. The molecule has 10 heteroatoms. The maximum atomic E-state index is 11.2. The average Bonchev–Trinajstić information content (AvgIpc) is 3.12. The van der Waals surface area contributed by atoms with E-state index in [4.69, 9.17) is 13.3 Å². The molecule has 0 aromatic rings. The first-order valence-corrected chi connectivity index (χ1v) is 16.0. The van der Waals surface area contributed by atoms with Gasteiger partial charge in [0.25, 0.3) is 0 Å². The van der Waals surface area contributed by atoms with Gasteiger partial charge in [-0.25, -0.2) is 8.37 Å². The molecule has 0 saturated heterocycles. The Morgan fingerprint density at radius 2 is 1.72 bits per heavy atom. The van der Waals surface area contributed by atoms with Gasteiger partial charge in [0.2, 0.25) is 0 Å². The number of hydrogen-bond acceptors (Lipinski definition) is 6. The summed E-state index contributed by atoms with van der Waals surface area (Å²) in [4.78, 5) is 0. The molecule has 0 aromatic heterocycles. The summed E-state index contributed by atoms with van der Waals surface area (Å²) in [5, 5.41) is 0. The van der Waals surface area contributed by atoms with E-state index in [0.717, 1.165) is 12.8 Å². The van der Waals surface area contributed by atoms with Crippen LogP contribution in [0.25, 0.3) is 0 Å². The summed E-state index contributed by atoms with van der Waals surface area (Å²) in [5.41, 5.74) is 1.63. The molecule has 4 aliphatic carbocycles. The lowest BCUT2D eigenvalue weighted by Gasteiger charge is -2.58. The van der Waals surface area contributed by atoms with E-state index in [0.29, 0.717) is 42.4 Å². The van der Waals surface area contributed by atoms with Crippen LogP contribution in [0.3, 0.4) is 0 Å². The third-order valence-electron chi connectivity index (χ3n) is 10.2. The molecule has 3 saturated carbocycles. The predicted molar refractivity (Wildman–Crippen MR) is 137 cm³/mol. The Bertz CT molecular complexity index is 1100. The van der Waals surface area contributed by atoms with Gasteiger partial charge in [-0.2, -0.15) is 16.8 Å². The first-order valence-electron chi connectivity index (χ1n) is 13.3. The Morgan fingerprint density at radius 1 is 1.00 bits per heavy atom. The van der Waals surface area contributed by atoms with Gasteiger partial charge >= 0.3 is 20.8 Å². The maximum Gasteiger partial charge on any atom is 0.397 e. The molecule has 36 heavy (non-hydrogen) atoms. The molecule has 4 aliphatic rings. The van der Waals surface area contributed by atoms with Gasteiger partial charge in [0.15, 0.2) is 0 Å². The van der Waals surface area contributed by atoms with Crippen molar-refractivity contribution in [2.75, 3.05) is 6.61 Å². The van der Waals surface area contributed by atoms with Gasteiger partial charge in [-0.05, 0) is 97.7 Å². The van der Waals surface area contributed by atoms with Crippen LogP contribution in [0.1, 0.15) is 79.1 Å². The van der Waals surface area contributed by atoms with Gasteiger partial charge in [-0.3, -0.25) is 9.11 Å². The highest BCUT2D eigenvalue weighted by Crippen LogP contribution is 2.67. The summed E-state index contributed by atoms with van der Waals surface area (Å²) in [7, 11) is -8.86. The molecule has 0 aliphatic heterocycles. The number of rotatable bonds is 8. The largest absolute Gasteiger partial charge is 0.397 e. The lowest BCUT2D eigenvalue weighted by Crippen LogP contribution is -2.51. The van der Waals surface area contributed by atoms with Crippen LogP contribution >= 0.6 is 0 Å². The Kier molecular flexibility index (Phi) is 7.90. The summed E-state index contributed by atoms with van der Waals surface area (Å²) in [6, 6.07) is 0. The fourth-order valence-electron chi connectivity index (χ4n) is 8.53. The summed E-state index contributed by atoms with van der Waals surface area (Å²) in [5.74, 6) is 2.68. The van der Waals surface area contributed by atoms with Crippen molar-refractivity contribution in [2.45, 2.75) is 85.2 Å². The molecule has 8 nitrogen and oxygen atoms in total. The number of allylic oxidation sites excluding steroid dienone is 2. The third kappa shape index (κ3) is 5.78. The Morgan fingerprint density at radius 3 is 2.39 bits per heavy atom. The minimum Gasteiger partial charge on any atom is -0.264 e. The highest BCUT2D eigenvalue weighted by atomic mass is 32.3. The zero-order valence-corrected chi connectivity index (χ0v) is 23.4. The smallest absolute Gasteiger partial charge is 0.264 e. The van der Waals surface area contributed by atoms with E-state index in [9.17, 15) is 16.8 Å². The van der Waals surface area contributed by atoms with Gasteiger partial charge in [-0.15, -0.1) is 0 Å². The van der Waals surface area contributed by atoms with E-state index in [-0.39, 0.29) is 23.4 Å². The molecule has 0 amide bonds. The summed E-state index contributed by atoms with van der Waals surface area (Å²) < 4.78 is 71.6. The molecule has 1 unspecified atom stereocenters. The quantitative estimate of drug-likeness (QED) is 0.306. The average molecular weight is 547 g/mol. The number of fused-ring (bicyclic) bond motifs is 5. The van der Waals surface area contributed by atoms with Crippen molar-refractivity contribution in [3.05, 3.63) is 23.8 Å². The summed E-state index contributed by atoms with van der Waals surface area (Å²) in [6.07, 6.45) is 13.9. The molecule has 0 aromatic carbocycles. The van der Waals surface area contributed by atoms with Gasteiger partial charge < -0.3 is 0 Å². The Hall–Kier alpha value is -0.780. The fraction of sp³-hybridized carbons (Fsp3) is 0.846. The van der Waals surface area contributed by atoms with Crippen LogP contribution < -0.4 is 0 Å². The normalized spacial score (nSPS) is 40.7. The van der Waals surface area contributed by atoms with Crippen LogP contribution in [0.15, 0.2) is 23.8 Å². The molecule has 3 fully saturated rings. The Balaban J connectivity index is 1.44. The van der Waals surface area contributed by atoms with Crippen LogP contribution in [0.5, 0.6) is 0 Å². The first kappa shape index (κ1) is 28.2. The van der Waals surface area contributed by atoms with Gasteiger partial charge in [0.1, 0.15) is 0 Å². The van der Waals surface area contributed by atoms with E-state index in [1.807, 2.05) is 13.0 Å². The van der Waals surface area contributed by atoms with Gasteiger partial charge in [0, 0.05) is 0 Å². The predicted octanol–water partition coefficient (Wildman–Crippen LogP) is 5.40. The van der Waals surface area contributed by atoms with E-state index in [1.54, 1.807) is 0 Å². The maximum absolute atomic E-state index is 11.2. The molecular weight excluding hydrogens is 504 g/mol. The minimum atomic E-state index is -4.44. The van der Waals surface area contributed by atoms with Crippen molar-refractivity contribution in [1.82, 2.24) is 0 Å². The van der Waals surface area contributed by atoms with Crippen molar-refractivity contribution in [2.24, 2.45) is 46.3 Å². The van der Waals surface area contributed by atoms with Crippen molar-refractivity contribution in [3.8, 4) is 0 Å². The molecule has 0 spiro atoms. The molecule has 0 heterocycles. The summed E-state index contributed by atoms with van der Waals surface area (Å²) in [6.45, 7) is 8.89. The molecule has 4 rings (SSSR count). The van der Waals surface area contributed by atoms with E-state index in [2.05, 4.69) is 37.1 Å². The second kappa shape index (κ2) is 10.1. The van der Waals surface area contributed by atoms with Crippen molar-refractivity contribution >= 4 is 20.8 Å². The van der Waals surface area contributed by atoms with Crippen molar-refractivity contribution in [1.29, 1.82) is 0 Å². The van der Waals surface area contributed by atoms with Crippen molar-refractivity contribution in [3.63, 3.8) is 0 Å².